The second-order valence-electron chi connectivity index (χ2n) is 6.05. The molecule has 0 aliphatic carbocycles. The van der Waals surface area contributed by atoms with Crippen LogP contribution in [0.2, 0.25) is 0 Å². The number of hydrogen-bond donors (Lipinski definition) is 1. The molecule has 0 spiro atoms. The second kappa shape index (κ2) is 8.78. The monoisotopic (exact) mass is 508 g/mol. The van der Waals surface area contributed by atoms with Crippen LogP contribution in [0.15, 0.2) is 47.4 Å². The molecule has 1 fully saturated rings. The molecule has 1 aliphatic heterocycles. The van der Waals surface area contributed by atoms with Crippen molar-refractivity contribution in [2.45, 2.75) is 6.92 Å². The van der Waals surface area contributed by atoms with E-state index >= 15 is 0 Å². The van der Waals surface area contributed by atoms with E-state index in [2.05, 4.69) is 27.9 Å². The molecule has 0 unspecified atom stereocenters. The maximum Gasteiger partial charge on any atom is 0.294 e. The van der Waals surface area contributed by atoms with Gasteiger partial charge in [0.2, 0.25) is 5.91 Å². The number of imide groups is 1. The number of anilines is 1. The lowest BCUT2D eigenvalue weighted by Crippen LogP contribution is -2.36. The van der Waals surface area contributed by atoms with Crippen LogP contribution < -0.4 is 10.1 Å². The number of amides is 3. The van der Waals surface area contributed by atoms with E-state index in [0.29, 0.717) is 11.4 Å². The van der Waals surface area contributed by atoms with Crippen molar-refractivity contribution in [3.8, 4) is 5.75 Å². The third-order valence-corrected chi connectivity index (χ3v) is 5.66. The molecule has 3 amide bonds. The molecule has 0 aromatic heterocycles. The number of ether oxygens (including phenoxy) is 1. The quantitative estimate of drug-likeness (QED) is 0.482. The van der Waals surface area contributed by atoms with Crippen LogP contribution in [0.3, 0.4) is 0 Å². The van der Waals surface area contributed by atoms with E-state index in [1.807, 2.05) is 31.2 Å². The Balaban J connectivity index is 1.70. The summed E-state index contributed by atoms with van der Waals surface area (Å²) in [5, 5.41) is 2.22. The Hall–Kier alpha value is -2.33. The number of nitrogens with zero attached hydrogens (tertiary/aromatic N) is 1. The first-order chi connectivity index (χ1) is 13.4. The van der Waals surface area contributed by atoms with Crippen LogP contribution in [-0.2, 0) is 9.59 Å². The highest BCUT2D eigenvalue weighted by Gasteiger charge is 2.36. The molecular formula is C20H17IN2O4S. The standard InChI is InChI=1S/C20H17IN2O4S/c1-12-3-4-13(9-16(12)27-2)10-17-19(25)23(20(26)28-17)11-18(24)22-15-7-5-14(21)6-8-15/h3-10H,11H2,1-2H3,(H,22,24)/b17-10+. The van der Waals surface area contributed by atoms with Crippen LogP contribution in [0.1, 0.15) is 11.1 Å². The first-order valence-corrected chi connectivity index (χ1v) is 10.2. The molecular weight excluding hydrogens is 491 g/mol. The van der Waals surface area contributed by atoms with Crippen molar-refractivity contribution >= 4 is 63.2 Å². The minimum Gasteiger partial charge on any atom is -0.496 e. The van der Waals surface area contributed by atoms with Gasteiger partial charge in [0.25, 0.3) is 11.1 Å². The number of thioether (sulfide) groups is 1. The first kappa shape index (κ1) is 20.4. The lowest BCUT2D eigenvalue weighted by atomic mass is 10.1. The lowest BCUT2D eigenvalue weighted by Gasteiger charge is -2.12. The number of aryl methyl sites for hydroxylation is 1. The van der Waals surface area contributed by atoms with Crippen LogP contribution in [0.5, 0.6) is 5.75 Å². The van der Waals surface area contributed by atoms with Crippen LogP contribution in [-0.4, -0.2) is 35.6 Å². The fourth-order valence-corrected chi connectivity index (χ4v) is 3.79. The van der Waals surface area contributed by atoms with E-state index in [-0.39, 0.29) is 11.4 Å². The fourth-order valence-electron chi connectivity index (χ4n) is 2.59. The zero-order valence-electron chi connectivity index (χ0n) is 15.2. The van der Waals surface area contributed by atoms with Crippen molar-refractivity contribution in [3.63, 3.8) is 0 Å². The first-order valence-electron chi connectivity index (χ1n) is 8.33. The largest absolute Gasteiger partial charge is 0.496 e. The zero-order valence-corrected chi connectivity index (χ0v) is 18.2. The van der Waals surface area contributed by atoms with Crippen molar-refractivity contribution in [2.24, 2.45) is 0 Å². The van der Waals surface area contributed by atoms with Crippen LogP contribution in [0, 0.1) is 10.5 Å². The molecule has 0 saturated carbocycles. The number of benzene rings is 2. The molecule has 144 valence electrons. The van der Waals surface area contributed by atoms with Crippen molar-refractivity contribution in [1.82, 2.24) is 4.90 Å². The molecule has 1 heterocycles. The van der Waals surface area contributed by atoms with Crippen LogP contribution in [0.4, 0.5) is 10.5 Å². The highest BCUT2D eigenvalue weighted by molar-refractivity contribution is 14.1. The summed E-state index contributed by atoms with van der Waals surface area (Å²) in [5.74, 6) is -0.209. The normalized spacial score (nSPS) is 15.2. The highest BCUT2D eigenvalue weighted by Crippen LogP contribution is 2.33. The molecule has 1 saturated heterocycles. The van der Waals surface area contributed by atoms with Crippen molar-refractivity contribution in [3.05, 3.63) is 62.1 Å². The average molecular weight is 508 g/mol. The van der Waals surface area contributed by atoms with E-state index in [0.717, 1.165) is 31.4 Å². The summed E-state index contributed by atoms with van der Waals surface area (Å²) in [7, 11) is 1.58. The molecule has 2 aromatic carbocycles. The summed E-state index contributed by atoms with van der Waals surface area (Å²) in [6.45, 7) is 1.59. The number of carbonyl (C=O) groups is 3. The molecule has 3 rings (SSSR count). The second-order valence-corrected chi connectivity index (χ2v) is 8.29. The number of rotatable bonds is 5. The number of carbonyl (C=O) groups excluding carboxylic acids is 3. The van der Waals surface area contributed by atoms with Gasteiger partial charge in [-0.15, -0.1) is 0 Å². The molecule has 8 heteroatoms. The Morgan fingerprint density at radius 1 is 1.21 bits per heavy atom. The number of methoxy groups -OCH3 is 1. The number of nitrogens with one attached hydrogen (secondary N) is 1. The lowest BCUT2D eigenvalue weighted by molar-refractivity contribution is -0.127. The van der Waals surface area contributed by atoms with E-state index in [9.17, 15) is 14.4 Å². The van der Waals surface area contributed by atoms with Gasteiger partial charge in [-0.3, -0.25) is 19.3 Å². The summed E-state index contributed by atoms with van der Waals surface area (Å²) in [6, 6.07) is 12.8. The molecule has 0 bridgehead atoms. The minimum atomic E-state index is -0.479. The molecule has 1 N–H and O–H groups in total. The Morgan fingerprint density at radius 3 is 2.61 bits per heavy atom. The highest BCUT2D eigenvalue weighted by atomic mass is 127. The molecule has 0 atom stereocenters. The van der Waals surface area contributed by atoms with Gasteiger partial charge in [-0.05, 0) is 88.8 Å². The van der Waals surface area contributed by atoms with Gasteiger partial charge >= 0.3 is 0 Å². The smallest absolute Gasteiger partial charge is 0.294 e. The van der Waals surface area contributed by atoms with Crippen molar-refractivity contribution < 1.29 is 19.1 Å². The Labute approximate surface area is 180 Å². The summed E-state index contributed by atoms with van der Waals surface area (Å²) < 4.78 is 6.33. The Morgan fingerprint density at radius 2 is 1.93 bits per heavy atom. The fraction of sp³-hybridized carbons (Fsp3) is 0.150. The molecule has 28 heavy (non-hydrogen) atoms. The van der Waals surface area contributed by atoms with Crippen molar-refractivity contribution in [1.29, 1.82) is 0 Å². The van der Waals surface area contributed by atoms with Gasteiger partial charge in [0.1, 0.15) is 12.3 Å². The summed E-state index contributed by atoms with van der Waals surface area (Å²) >= 11 is 2.99. The minimum absolute atomic E-state index is 0.276. The van der Waals surface area contributed by atoms with E-state index in [4.69, 9.17) is 4.74 Å². The van der Waals surface area contributed by atoms with Gasteiger partial charge < -0.3 is 10.1 Å². The van der Waals surface area contributed by atoms with E-state index < -0.39 is 17.1 Å². The molecule has 1 aliphatic rings. The van der Waals surface area contributed by atoms with E-state index in [1.54, 1.807) is 31.4 Å². The maximum absolute atomic E-state index is 12.6. The van der Waals surface area contributed by atoms with Gasteiger partial charge in [0, 0.05) is 9.26 Å². The van der Waals surface area contributed by atoms with Gasteiger partial charge in [-0.2, -0.15) is 0 Å². The van der Waals surface area contributed by atoms with Gasteiger partial charge in [0.15, 0.2) is 0 Å². The number of hydrogen-bond acceptors (Lipinski definition) is 5. The zero-order chi connectivity index (χ0) is 20.3. The van der Waals surface area contributed by atoms with E-state index in [1.165, 1.54) is 0 Å². The topological polar surface area (TPSA) is 75.7 Å². The third-order valence-electron chi connectivity index (χ3n) is 4.03. The average Bonchev–Trinajstić information content (AvgIpc) is 2.92. The van der Waals surface area contributed by atoms with Gasteiger partial charge in [-0.25, -0.2) is 0 Å². The summed E-state index contributed by atoms with van der Waals surface area (Å²) in [6.07, 6.45) is 1.63. The van der Waals surface area contributed by atoms with Crippen molar-refractivity contribution in [2.75, 3.05) is 19.0 Å². The van der Waals surface area contributed by atoms with Crippen LogP contribution >= 0.6 is 34.4 Å². The molecule has 2 aromatic rings. The Kier molecular flexibility index (Phi) is 6.40. The number of halogens is 1. The summed E-state index contributed by atoms with van der Waals surface area (Å²) in [5.41, 5.74) is 2.33. The predicted molar refractivity (Wildman–Crippen MR) is 118 cm³/mol. The SMILES string of the molecule is COc1cc(/C=C2/SC(=O)N(CC(=O)Nc3ccc(I)cc3)C2=O)ccc1C. The maximum atomic E-state index is 12.6. The Bertz CT molecular complexity index is 973. The molecule has 6 nitrogen and oxygen atoms in total. The van der Waals surface area contributed by atoms with Gasteiger partial charge in [0.05, 0.1) is 12.0 Å². The third kappa shape index (κ3) is 4.74. The van der Waals surface area contributed by atoms with Gasteiger partial charge in [-0.1, -0.05) is 12.1 Å². The molecule has 0 radical (unpaired) electrons. The summed E-state index contributed by atoms with van der Waals surface area (Å²) in [4.78, 5) is 38.2. The van der Waals surface area contributed by atoms with Crippen LogP contribution in [0.25, 0.3) is 6.08 Å². The predicted octanol–water partition coefficient (Wildman–Crippen LogP) is 4.28.